The summed E-state index contributed by atoms with van der Waals surface area (Å²) in [6.45, 7) is 0.236. The number of carbonyl (C=O) groups is 1. The third-order valence-electron chi connectivity index (χ3n) is 4.23. The fourth-order valence-electron chi connectivity index (χ4n) is 2.95. The van der Waals surface area contributed by atoms with Crippen LogP contribution in [0.25, 0.3) is 0 Å². The normalized spacial score (nSPS) is 16.2. The first kappa shape index (κ1) is 14.7. The number of hydrogen-bond acceptors (Lipinski definition) is 6. The van der Waals surface area contributed by atoms with Crippen molar-refractivity contribution >= 4 is 17.5 Å². The number of carbonyl (C=O) groups excluding carboxylic acids is 1. The summed E-state index contributed by atoms with van der Waals surface area (Å²) >= 11 is 0. The van der Waals surface area contributed by atoms with E-state index in [9.17, 15) is 4.79 Å². The van der Waals surface area contributed by atoms with E-state index in [2.05, 4.69) is 20.6 Å². The maximum Gasteiger partial charge on any atom is 0.254 e. The third-order valence-corrected chi connectivity index (χ3v) is 4.23. The fourth-order valence-corrected chi connectivity index (χ4v) is 2.95. The van der Waals surface area contributed by atoms with E-state index in [4.69, 9.17) is 9.47 Å². The van der Waals surface area contributed by atoms with Gasteiger partial charge in [-0.1, -0.05) is 12.8 Å². The molecule has 1 aliphatic carbocycles. The van der Waals surface area contributed by atoms with Crippen LogP contribution in [0.3, 0.4) is 0 Å². The zero-order valence-corrected chi connectivity index (χ0v) is 13.1. The molecule has 2 aromatic rings. The number of aromatic nitrogens is 2. The smallest absolute Gasteiger partial charge is 0.254 e. The number of nitrogens with one attached hydrogen (secondary N) is 2. The molecule has 2 aliphatic rings. The van der Waals surface area contributed by atoms with Gasteiger partial charge in [-0.3, -0.25) is 4.79 Å². The predicted molar refractivity (Wildman–Crippen MR) is 87.6 cm³/mol. The highest BCUT2D eigenvalue weighted by Gasteiger charge is 2.18. The maximum atomic E-state index is 12.2. The Labute approximate surface area is 139 Å². The molecular formula is C17H18N4O3. The van der Waals surface area contributed by atoms with Gasteiger partial charge in [0.15, 0.2) is 11.5 Å². The standard InChI is InChI=1S/C17H18N4O3/c22-16(20-12-3-1-2-4-12)11-8-18-17(19-9-11)21-13-5-6-14-15(7-13)24-10-23-14/h5-9,12H,1-4,10H2,(H,20,22)(H,18,19,21). The molecule has 1 amide bonds. The van der Waals surface area contributed by atoms with E-state index in [0.717, 1.165) is 24.3 Å². The number of fused-ring (bicyclic) bond motifs is 1. The topological polar surface area (TPSA) is 85.4 Å². The summed E-state index contributed by atoms with van der Waals surface area (Å²) in [6.07, 6.45) is 7.53. The van der Waals surface area contributed by atoms with Crippen LogP contribution in [0.2, 0.25) is 0 Å². The van der Waals surface area contributed by atoms with Crippen molar-refractivity contribution in [1.29, 1.82) is 0 Å². The van der Waals surface area contributed by atoms with E-state index in [0.29, 0.717) is 17.3 Å². The average molecular weight is 326 g/mol. The zero-order chi connectivity index (χ0) is 16.4. The average Bonchev–Trinajstić information content (AvgIpc) is 3.26. The molecule has 0 spiro atoms. The molecule has 0 bridgehead atoms. The van der Waals surface area contributed by atoms with Crippen LogP contribution in [0, 0.1) is 0 Å². The Morgan fingerprint density at radius 2 is 1.83 bits per heavy atom. The van der Waals surface area contributed by atoms with Crippen molar-refractivity contribution < 1.29 is 14.3 Å². The van der Waals surface area contributed by atoms with E-state index in [1.54, 1.807) is 0 Å². The first-order valence-corrected chi connectivity index (χ1v) is 8.07. The number of nitrogens with zero attached hydrogens (tertiary/aromatic N) is 2. The minimum absolute atomic E-state index is 0.114. The van der Waals surface area contributed by atoms with Crippen LogP contribution in [-0.4, -0.2) is 28.7 Å². The van der Waals surface area contributed by atoms with Gasteiger partial charge in [0.25, 0.3) is 5.91 Å². The van der Waals surface area contributed by atoms with Gasteiger partial charge in [0.05, 0.1) is 5.56 Å². The third kappa shape index (κ3) is 3.10. The number of rotatable bonds is 4. The number of hydrogen-bond donors (Lipinski definition) is 2. The summed E-state index contributed by atoms with van der Waals surface area (Å²) in [5.74, 6) is 1.72. The second kappa shape index (κ2) is 6.35. The van der Waals surface area contributed by atoms with E-state index in [1.165, 1.54) is 25.2 Å². The molecule has 0 saturated heterocycles. The van der Waals surface area contributed by atoms with Gasteiger partial charge in [-0.2, -0.15) is 0 Å². The van der Waals surface area contributed by atoms with Crippen LogP contribution in [-0.2, 0) is 0 Å². The lowest BCUT2D eigenvalue weighted by molar-refractivity contribution is 0.0937. The van der Waals surface area contributed by atoms with Crippen molar-refractivity contribution in [2.75, 3.05) is 12.1 Å². The quantitative estimate of drug-likeness (QED) is 0.898. The summed E-state index contributed by atoms with van der Waals surface area (Å²) in [6, 6.07) is 5.79. The summed E-state index contributed by atoms with van der Waals surface area (Å²) in [7, 11) is 0. The Morgan fingerprint density at radius 1 is 1.08 bits per heavy atom. The van der Waals surface area contributed by atoms with Gasteiger partial charge in [-0.05, 0) is 25.0 Å². The lowest BCUT2D eigenvalue weighted by atomic mass is 10.2. The van der Waals surface area contributed by atoms with Gasteiger partial charge in [0, 0.05) is 30.2 Å². The Morgan fingerprint density at radius 3 is 2.62 bits per heavy atom. The summed E-state index contributed by atoms with van der Waals surface area (Å²) in [5, 5.41) is 6.11. The lowest BCUT2D eigenvalue weighted by Crippen LogP contribution is -2.32. The molecule has 24 heavy (non-hydrogen) atoms. The Hall–Kier alpha value is -2.83. The molecule has 1 aromatic heterocycles. The van der Waals surface area contributed by atoms with Crippen molar-refractivity contribution in [1.82, 2.24) is 15.3 Å². The molecule has 0 atom stereocenters. The van der Waals surface area contributed by atoms with E-state index >= 15 is 0 Å². The number of amides is 1. The molecule has 7 nitrogen and oxygen atoms in total. The van der Waals surface area contributed by atoms with Crippen LogP contribution < -0.4 is 20.1 Å². The fraction of sp³-hybridized carbons (Fsp3) is 0.353. The van der Waals surface area contributed by atoms with Crippen LogP contribution in [0.4, 0.5) is 11.6 Å². The van der Waals surface area contributed by atoms with Gasteiger partial charge >= 0.3 is 0 Å². The Kier molecular flexibility index (Phi) is 3.90. The van der Waals surface area contributed by atoms with Crippen molar-refractivity contribution in [2.24, 2.45) is 0 Å². The van der Waals surface area contributed by atoms with E-state index in [1.807, 2.05) is 18.2 Å². The van der Waals surface area contributed by atoms with Gasteiger partial charge in [-0.25, -0.2) is 9.97 Å². The van der Waals surface area contributed by atoms with Crippen molar-refractivity contribution in [2.45, 2.75) is 31.7 Å². The highest BCUT2D eigenvalue weighted by Crippen LogP contribution is 2.34. The van der Waals surface area contributed by atoms with Gasteiger partial charge in [-0.15, -0.1) is 0 Å². The summed E-state index contributed by atoms with van der Waals surface area (Å²) < 4.78 is 10.6. The molecule has 1 fully saturated rings. The number of anilines is 2. The Balaban J connectivity index is 1.41. The summed E-state index contributed by atoms with van der Waals surface area (Å²) in [4.78, 5) is 20.6. The van der Waals surface area contributed by atoms with Gasteiger partial charge in [0.2, 0.25) is 12.7 Å². The van der Waals surface area contributed by atoms with E-state index in [-0.39, 0.29) is 18.7 Å². The van der Waals surface area contributed by atoms with E-state index < -0.39 is 0 Å². The van der Waals surface area contributed by atoms with Crippen molar-refractivity contribution in [3.8, 4) is 11.5 Å². The molecule has 7 heteroatoms. The van der Waals surface area contributed by atoms with Crippen molar-refractivity contribution in [3.63, 3.8) is 0 Å². The minimum atomic E-state index is -0.114. The largest absolute Gasteiger partial charge is 0.454 e. The molecule has 2 N–H and O–H groups in total. The van der Waals surface area contributed by atoms with Crippen LogP contribution in [0.1, 0.15) is 36.0 Å². The highest BCUT2D eigenvalue weighted by molar-refractivity contribution is 5.93. The molecule has 1 aliphatic heterocycles. The molecule has 1 saturated carbocycles. The SMILES string of the molecule is O=C(NC1CCCC1)c1cnc(Nc2ccc3c(c2)OCO3)nc1. The molecule has 2 heterocycles. The molecule has 0 radical (unpaired) electrons. The minimum Gasteiger partial charge on any atom is -0.454 e. The monoisotopic (exact) mass is 326 g/mol. The first-order chi connectivity index (χ1) is 11.8. The van der Waals surface area contributed by atoms with Gasteiger partial charge in [0.1, 0.15) is 0 Å². The van der Waals surface area contributed by atoms with Crippen LogP contribution >= 0.6 is 0 Å². The number of ether oxygens (including phenoxy) is 2. The van der Waals surface area contributed by atoms with Crippen LogP contribution in [0.5, 0.6) is 11.5 Å². The second-order valence-electron chi connectivity index (χ2n) is 5.94. The number of benzene rings is 1. The Bertz CT molecular complexity index is 742. The summed E-state index contributed by atoms with van der Waals surface area (Å²) in [5.41, 5.74) is 1.26. The first-order valence-electron chi connectivity index (χ1n) is 8.07. The zero-order valence-electron chi connectivity index (χ0n) is 13.1. The predicted octanol–water partition coefficient (Wildman–Crippen LogP) is 2.62. The lowest BCUT2D eigenvalue weighted by Gasteiger charge is -2.11. The van der Waals surface area contributed by atoms with Crippen molar-refractivity contribution in [3.05, 3.63) is 36.2 Å². The second-order valence-corrected chi connectivity index (χ2v) is 5.94. The molecule has 0 unspecified atom stereocenters. The molecule has 1 aromatic carbocycles. The maximum absolute atomic E-state index is 12.2. The molecular weight excluding hydrogens is 308 g/mol. The molecule has 4 rings (SSSR count). The van der Waals surface area contributed by atoms with Gasteiger partial charge < -0.3 is 20.1 Å². The van der Waals surface area contributed by atoms with Crippen LogP contribution in [0.15, 0.2) is 30.6 Å². The molecule has 124 valence electrons. The highest BCUT2D eigenvalue weighted by atomic mass is 16.7.